The lowest BCUT2D eigenvalue weighted by Gasteiger charge is -2.06. The maximum Gasteiger partial charge on any atom is 0.435 e. The van der Waals surface area contributed by atoms with Crippen molar-refractivity contribution in [2.45, 2.75) is 20.0 Å². The Balaban J connectivity index is 2.58. The molecule has 2 rings (SSSR count). The molecule has 0 unspecified atom stereocenters. The minimum Gasteiger partial charge on any atom is -0.219 e. The highest BCUT2D eigenvalue weighted by molar-refractivity contribution is 5.48. The minimum atomic E-state index is -4.54. The molecule has 5 nitrogen and oxygen atoms in total. The van der Waals surface area contributed by atoms with Crippen LogP contribution in [0.5, 0.6) is 0 Å². The van der Waals surface area contributed by atoms with Gasteiger partial charge in [0.25, 0.3) is 0 Å². The monoisotopic (exact) mass is 267 g/mol. The molecule has 0 spiro atoms. The van der Waals surface area contributed by atoms with Crippen molar-refractivity contribution in [3.8, 4) is 11.9 Å². The van der Waals surface area contributed by atoms with Crippen molar-refractivity contribution in [1.82, 2.24) is 20.0 Å². The fraction of sp³-hybridized carbons (Fsp3) is 0.273. The van der Waals surface area contributed by atoms with E-state index in [1.54, 1.807) is 13.8 Å². The molecular weight excluding hydrogens is 259 g/mol. The Morgan fingerprint density at radius 1 is 1.26 bits per heavy atom. The van der Waals surface area contributed by atoms with Crippen molar-refractivity contribution in [2.75, 3.05) is 0 Å². The molecule has 0 N–H and O–H groups in total. The molecule has 8 heteroatoms. The Morgan fingerprint density at radius 2 is 1.95 bits per heavy atom. The van der Waals surface area contributed by atoms with Gasteiger partial charge in [-0.2, -0.15) is 28.6 Å². The summed E-state index contributed by atoms with van der Waals surface area (Å²) in [5.74, 6) is -0.0129. The molecule has 0 atom stereocenters. The maximum absolute atomic E-state index is 12.5. The SMILES string of the molecule is Cc1nnc(-n2ccc(C(F)(F)F)n2)c(C#N)c1C. The van der Waals surface area contributed by atoms with Crippen molar-refractivity contribution >= 4 is 0 Å². The summed E-state index contributed by atoms with van der Waals surface area (Å²) in [5.41, 5.74) is 0.223. The number of rotatable bonds is 1. The standard InChI is InChI=1S/C11H8F3N5/c1-6-7(2)16-17-10(8(6)5-15)19-4-3-9(18-19)11(12,13)14/h3-4H,1-2H3. The van der Waals surface area contributed by atoms with Gasteiger partial charge in [0.15, 0.2) is 11.5 Å². The normalized spacial score (nSPS) is 11.4. The Kier molecular flexibility index (Phi) is 2.98. The summed E-state index contributed by atoms with van der Waals surface area (Å²) in [6.45, 7) is 3.32. The molecule has 19 heavy (non-hydrogen) atoms. The van der Waals surface area contributed by atoms with E-state index in [0.717, 1.165) is 16.9 Å². The predicted molar refractivity (Wildman–Crippen MR) is 58.3 cm³/mol. The third kappa shape index (κ3) is 2.27. The molecule has 0 saturated carbocycles. The fourth-order valence-corrected chi connectivity index (χ4v) is 1.48. The Bertz CT molecular complexity index is 666. The van der Waals surface area contributed by atoms with Crippen molar-refractivity contribution in [2.24, 2.45) is 0 Å². The van der Waals surface area contributed by atoms with Crippen molar-refractivity contribution < 1.29 is 13.2 Å². The zero-order valence-corrected chi connectivity index (χ0v) is 10.0. The van der Waals surface area contributed by atoms with Crippen LogP contribution in [0, 0.1) is 25.2 Å². The Hall–Kier alpha value is -2.43. The molecule has 0 fully saturated rings. The summed E-state index contributed by atoms with van der Waals surface area (Å²) in [6.07, 6.45) is -3.44. The van der Waals surface area contributed by atoms with Gasteiger partial charge in [0, 0.05) is 6.20 Å². The maximum atomic E-state index is 12.5. The van der Waals surface area contributed by atoms with Crippen LogP contribution in [-0.2, 0) is 6.18 Å². The summed E-state index contributed by atoms with van der Waals surface area (Å²) >= 11 is 0. The summed E-state index contributed by atoms with van der Waals surface area (Å²) in [5, 5.41) is 20.0. The van der Waals surface area contributed by atoms with E-state index in [4.69, 9.17) is 5.26 Å². The molecule has 0 aromatic carbocycles. The second-order valence-corrected chi connectivity index (χ2v) is 3.86. The second kappa shape index (κ2) is 4.35. The van der Waals surface area contributed by atoms with Crippen molar-refractivity contribution in [3.63, 3.8) is 0 Å². The number of hydrogen-bond donors (Lipinski definition) is 0. The van der Waals surface area contributed by atoms with E-state index in [2.05, 4.69) is 15.3 Å². The summed E-state index contributed by atoms with van der Waals surface area (Å²) in [6, 6.07) is 2.72. The lowest BCUT2D eigenvalue weighted by Crippen LogP contribution is -2.10. The van der Waals surface area contributed by atoms with Crippen LogP contribution in [0.1, 0.15) is 22.5 Å². The van der Waals surface area contributed by atoms with Crippen LogP contribution < -0.4 is 0 Å². The topological polar surface area (TPSA) is 67.4 Å². The van der Waals surface area contributed by atoms with Crippen LogP contribution in [0.2, 0.25) is 0 Å². The molecule has 0 aliphatic rings. The number of hydrogen-bond acceptors (Lipinski definition) is 4. The highest BCUT2D eigenvalue weighted by atomic mass is 19.4. The van der Waals surface area contributed by atoms with Gasteiger partial charge >= 0.3 is 6.18 Å². The molecule has 0 aliphatic heterocycles. The molecule has 0 aliphatic carbocycles. The molecule has 0 saturated heterocycles. The summed E-state index contributed by atoms with van der Waals surface area (Å²) in [7, 11) is 0. The largest absolute Gasteiger partial charge is 0.435 e. The van der Waals surface area contributed by atoms with Crippen LogP contribution in [0.15, 0.2) is 12.3 Å². The first-order valence-corrected chi connectivity index (χ1v) is 5.22. The summed E-state index contributed by atoms with van der Waals surface area (Å²) in [4.78, 5) is 0. The van der Waals surface area contributed by atoms with Gasteiger partial charge in [-0.25, -0.2) is 4.68 Å². The van der Waals surface area contributed by atoms with Gasteiger partial charge in [0.05, 0.1) is 5.69 Å². The Labute approximate surface area is 106 Å². The van der Waals surface area contributed by atoms with Crippen LogP contribution in [0.25, 0.3) is 5.82 Å². The smallest absolute Gasteiger partial charge is 0.219 e. The van der Waals surface area contributed by atoms with Gasteiger partial charge < -0.3 is 0 Å². The molecule has 98 valence electrons. The average molecular weight is 267 g/mol. The molecular formula is C11H8F3N5. The number of aromatic nitrogens is 4. The van der Waals surface area contributed by atoms with E-state index in [-0.39, 0.29) is 11.4 Å². The van der Waals surface area contributed by atoms with Crippen LogP contribution >= 0.6 is 0 Å². The van der Waals surface area contributed by atoms with E-state index in [9.17, 15) is 13.2 Å². The molecule has 0 bridgehead atoms. The van der Waals surface area contributed by atoms with Crippen LogP contribution in [-0.4, -0.2) is 20.0 Å². The van der Waals surface area contributed by atoms with E-state index in [1.807, 2.05) is 6.07 Å². The zero-order chi connectivity index (χ0) is 14.2. The lowest BCUT2D eigenvalue weighted by molar-refractivity contribution is -0.141. The average Bonchev–Trinajstić information content (AvgIpc) is 2.81. The van der Waals surface area contributed by atoms with E-state index in [0.29, 0.717) is 11.3 Å². The quantitative estimate of drug-likeness (QED) is 0.794. The number of aryl methyl sites for hydroxylation is 1. The van der Waals surface area contributed by atoms with Gasteiger partial charge in [-0.1, -0.05) is 0 Å². The second-order valence-electron chi connectivity index (χ2n) is 3.86. The summed E-state index contributed by atoms with van der Waals surface area (Å²) < 4.78 is 38.3. The van der Waals surface area contributed by atoms with E-state index in [1.165, 1.54) is 0 Å². The first kappa shape index (κ1) is 13.0. The van der Waals surface area contributed by atoms with Crippen LogP contribution in [0.4, 0.5) is 13.2 Å². The third-order valence-electron chi connectivity index (χ3n) is 2.64. The van der Waals surface area contributed by atoms with Gasteiger partial charge in [0.1, 0.15) is 11.6 Å². The molecule has 2 aromatic heterocycles. The minimum absolute atomic E-state index is 0.0129. The first-order chi connectivity index (χ1) is 8.84. The number of alkyl halides is 3. The molecule has 0 radical (unpaired) electrons. The fourth-order valence-electron chi connectivity index (χ4n) is 1.48. The lowest BCUT2D eigenvalue weighted by atomic mass is 10.1. The highest BCUT2D eigenvalue weighted by Crippen LogP contribution is 2.28. The zero-order valence-electron chi connectivity index (χ0n) is 10.0. The van der Waals surface area contributed by atoms with E-state index >= 15 is 0 Å². The van der Waals surface area contributed by atoms with Gasteiger partial charge in [-0.05, 0) is 25.5 Å². The van der Waals surface area contributed by atoms with Crippen LogP contribution in [0.3, 0.4) is 0 Å². The number of halogens is 3. The highest BCUT2D eigenvalue weighted by Gasteiger charge is 2.34. The van der Waals surface area contributed by atoms with Gasteiger partial charge in [-0.3, -0.25) is 0 Å². The molecule has 0 amide bonds. The number of nitrogens with zero attached hydrogens (tertiary/aromatic N) is 5. The van der Waals surface area contributed by atoms with Gasteiger partial charge in [-0.15, -0.1) is 5.10 Å². The molecule has 2 heterocycles. The Morgan fingerprint density at radius 3 is 2.47 bits per heavy atom. The number of nitriles is 1. The van der Waals surface area contributed by atoms with Crippen molar-refractivity contribution in [3.05, 3.63) is 34.8 Å². The van der Waals surface area contributed by atoms with E-state index < -0.39 is 11.9 Å². The van der Waals surface area contributed by atoms with Gasteiger partial charge in [0.2, 0.25) is 0 Å². The third-order valence-corrected chi connectivity index (χ3v) is 2.64. The molecule has 2 aromatic rings. The predicted octanol–water partition coefficient (Wildman–Crippen LogP) is 2.17. The first-order valence-electron chi connectivity index (χ1n) is 5.22. The van der Waals surface area contributed by atoms with Crippen molar-refractivity contribution in [1.29, 1.82) is 5.26 Å².